The maximum Gasteiger partial charge on any atom is 0.0661 e. The van der Waals surface area contributed by atoms with Crippen LogP contribution in [0.1, 0.15) is 18.4 Å². The topological polar surface area (TPSA) is 58.3 Å². The van der Waals surface area contributed by atoms with Crippen molar-refractivity contribution in [2.45, 2.75) is 25.3 Å². The normalized spacial score (nSPS) is 17.9. The minimum atomic E-state index is -0.0678. The summed E-state index contributed by atoms with van der Waals surface area (Å²) in [6.07, 6.45) is 2.08. The molecule has 0 atom stereocenters. The third-order valence-electron chi connectivity index (χ3n) is 2.84. The number of nitrogen functional groups attached to an aromatic ring is 1. The summed E-state index contributed by atoms with van der Waals surface area (Å²) in [5, 5.41) is 12.5. The predicted molar refractivity (Wildman–Crippen MR) is 58.3 cm³/mol. The molecular weight excluding hydrogens is 176 g/mol. The van der Waals surface area contributed by atoms with E-state index in [9.17, 15) is 0 Å². The molecule has 0 bridgehead atoms. The van der Waals surface area contributed by atoms with Crippen LogP contribution < -0.4 is 11.1 Å². The van der Waals surface area contributed by atoms with Gasteiger partial charge in [0.15, 0.2) is 0 Å². The van der Waals surface area contributed by atoms with E-state index in [2.05, 4.69) is 5.32 Å². The molecule has 76 valence electrons. The van der Waals surface area contributed by atoms with Gasteiger partial charge in [-0.1, -0.05) is 6.07 Å². The van der Waals surface area contributed by atoms with Crippen LogP contribution in [0.4, 0.5) is 11.4 Å². The van der Waals surface area contributed by atoms with Crippen LogP contribution in [-0.4, -0.2) is 17.3 Å². The zero-order chi connectivity index (χ0) is 10.2. The Morgan fingerprint density at radius 3 is 2.71 bits per heavy atom. The van der Waals surface area contributed by atoms with Gasteiger partial charge < -0.3 is 16.2 Å². The van der Waals surface area contributed by atoms with Gasteiger partial charge in [-0.15, -0.1) is 0 Å². The van der Waals surface area contributed by atoms with Gasteiger partial charge in [-0.2, -0.15) is 0 Å². The molecule has 0 aliphatic heterocycles. The van der Waals surface area contributed by atoms with Crippen LogP contribution >= 0.6 is 0 Å². The summed E-state index contributed by atoms with van der Waals surface area (Å²) in [5.74, 6) is 0. The average molecular weight is 192 g/mol. The van der Waals surface area contributed by atoms with E-state index in [0.29, 0.717) is 0 Å². The second kappa shape index (κ2) is 3.17. The van der Waals surface area contributed by atoms with Crippen molar-refractivity contribution in [3.05, 3.63) is 23.8 Å². The average Bonchev–Trinajstić information content (AvgIpc) is 2.93. The van der Waals surface area contributed by atoms with Gasteiger partial charge in [0.25, 0.3) is 0 Å². The van der Waals surface area contributed by atoms with Crippen molar-refractivity contribution in [3.8, 4) is 0 Å². The molecule has 1 aromatic carbocycles. The van der Waals surface area contributed by atoms with Crippen LogP contribution in [-0.2, 0) is 0 Å². The van der Waals surface area contributed by atoms with Crippen LogP contribution in [0.5, 0.6) is 0 Å². The molecule has 0 aromatic heterocycles. The lowest BCUT2D eigenvalue weighted by Gasteiger charge is -2.16. The Morgan fingerprint density at radius 1 is 1.50 bits per heavy atom. The molecule has 14 heavy (non-hydrogen) atoms. The number of hydrogen-bond donors (Lipinski definition) is 3. The predicted octanol–water partition coefficient (Wildman–Crippen LogP) is 1.51. The van der Waals surface area contributed by atoms with Gasteiger partial charge in [0.05, 0.1) is 12.1 Å². The van der Waals surface area contributed by atoms with Gasteiger partial charge in [0.1, 0.15) is 0 Å². The summed E-state index contributed by atoms with van der Waals surface area (Å²) >= 11 is 0. The fourth-order valence-electron chi connectivity index (χ4n) is 1.50. The van der Waals surface area contributed by atoms with E-state index in [1.165, 1.54) is 0 Å². The molecule has 3 nitrogen and oxygen atoms in total. The highest BCUT2D eigenvalue weighted by atomic mass is 16.3. The zero-order valence-electron chi connectivity index (χ0n) is 8.38. The maximum absolute atomic E-state index is 9.15. The first-order chi connectivity index (χ1) is 6.65. The number of aryl methyl sites for hydroxylation is 1. The van der Waals surface area contributed by atoms with Gasteiger partial charge in [-0.05, 0) is 37.5 Å². The fourth-order valence-corrected chi connectivity index (χ4v) is 1.50. The van der Waals surface area contributed by atoms with E-state index >= 15 is 0 Å². The first kappa shape index (κ1) is 9.34. The van der Waals surface area contributed by atoms with E-state index in [-0.39, 0.29) is 12.1 Å². The maximum atomic E-state index is 9.15. The summed E-state index contributed by atoms with van der Waals surface area (Å²) < 4.78 is 0. The zero-order valence-corrected chi connectivity index (χ0v) is 8.38. The van der Waals surface area contributed by atoms with Crippen LogP contribution in [0.2, 0.25) is 0 Å². The smallest absolute Gasteiger partial charge is 0.0661 e. The number of aliphatic hydroxyl groups is 1. The molecule has 0 radical (unpaired) electrons. The molecule has 0 unspecified atom stereocenters. The van der Waals surface area contributed by atoms with E-state index in [1.807, 2.05) is 25.1 Å². The minimum absolute atomic E-state index is 0.0678. The number of anilines is 2. The van der Waals surface area contributed by atoms with Crippen molar-refractivity contribution in [2.75, 3.05) is 17.7 Å². The molecule has 3 heteroatoms. The Balaban J connectivity index is 2.14. The second-order valence-electron chi connectivity index (χ2n) is 4.13. The van der Waals surface area contributed by atoms with Crippen molar-refractivity contribution >= 4 is 11.4 Å². The molecule has 1 aromatic rings. The Morgan fingerprint density at radius 2 is 2.21 bits per heavy atom. The summed E-state index contributed by atoms with van der Waals surface area (Å²) in [5.41, 5.74) is 8.61. The number of nitrogens with two attached hydrogens (primary N) is 1. The standard InChI is InChI=1S/C11H16N2O/c1-8-2-3-9(6-10(8)12)13-11(7-14)4-5-11/h2-3,6,13-14H,4-5,7,12H2,1H3. The molecule has 0 spiro atoms. The summed E-state index contributed by atoms with van der Waals surface area (Å²) in [7, 11) is 0. The molecule has 1 fully saturated rings. The van der Waals surface area contributed by atoms with Crippen LogP contribution in [0, 0.1) is 6.92 Å². The van der Waals surface area contributed by atoms with E-state index in [4.69, 9.17) is 10.8 Å². The quantitative estimate of drug-likeness (QED) is 0.636. The Bertz CT molecular complexity index is 345. The highest BCUT2D eigenvalue weighted by Crippen LogP contribution is 2.38. The summed E-state index contributed by atoms with van der Waals surface area (Å²) in [4.78, 5) is 0. The lowest BCUT2D eigenvalue weighted by molar-refractivity contribution is 0.266. The molecule has 0 heterocycles. The third-order valence-corrected chi connectivity index (χ3v) is 2.84. The molecule has 4 N–H and O–H groups in total. The number of benzene rings is 1. The monoisotopic (exact) mass is 192 g/mol. The molecule has 0 saturated heterocycles. The Labute approximate surface area is 83.9 Å². The largest absolute Gasteiger partial charge is 0.398 e. The van der Waals surface area contributed by atoms with Gasteiger partial charge in [0, 0.05) is 11.4 Å². The number of rotatable bonds is 3. The van der Waals surface area contributed by atoms with Crippen molar-refractivity contribution in [2.24, 2.45) is 0 Å². The van der Waals surface area contributed by atoms with Crippen LogP contribution in [0.25, 0.3) is 0 Å². The van der Waals surface area contributed by atoms with Crippen molar-refractivity contribution in [1.29, 1.82) is 0 Å². The minimum Gasteiger partial charge on any atom is -0.398 e. The van der Waals surface area contributed by atoms with Crippen LogP contribution in [0.15, 0.2) is 18.2 Å². The Kier molecular flexibility index (Phi) is 2.11. The van der Waals surface area contributed by atoms with Gasteiger partial charge in [0.2, 0.25) is 0 Å². The SMILES string of the molecule is Cc1ccc(NC2(CO)CC2)cc1N. The van der Waals surface area contributed by atoms with E-state index in [1.54, 1.807) is 0 Å². The number of hydrogen-bond acceptors (Lipinski definition) is 3. The van der Waals surface area contributed by atoms with Gasteiger partial charge in [-0.25, -0.2) is 0 Å². The number of aliphatic hydroxyl groups excluding tert-OH is 1. The van der Waals surface area contributed by atoms with E-state index in [0.717, 1.165) is 29.8 Å². The van der Waals surface area contributed by atoms with E-state index < -0.39 is 0 Å². The lowest BCUT2D eigenvalue weighted by atomic mass is 10.1. The fraction of sp³-hybridized carbons (Fsp3) is 0.455. The van der Waals surface area contributed by atoms with Crippen molar-refractivity contribution in [3.63, 3.8) is 0 Å². The first-order valence-electron chi connectivity index (χ1n) is 4.90. The molecule has 2 rings (SSSR count). The van der Waals surface area contributed by atoms with Crippen molar-refractivity contribution < 1.29 is 5.11 Å². The lowest BCUT2D eigenvalue weighted by Crippen LogP contribution is -2.25. The summed E-state index contributed by atoms with van der Waals surface area (Å²) in [6, 6.07) is 5.91. The second-order valence-corrected chi connectivity index (χ2v) is 4.13. The number of nitrogens with one attached hydrogen (secondary N) is 1. The molecule has 0 amide bonds. The first-order valence-corrected chi connectivity index (χ1v) is 4.90. The molecule has 1 aliphatic carbocycles. The Hall–Kier alpha value is -1.22. The van der Waals surface area contributed by atoms with Gasteiger partial charge >= 0.3 is 0 Å². The highest BCUT2D eigenvalue weighted by molar-refractivity contribution is 5.59. The molecular formula is C11H16N2O. The van der Waals surface area contributed by atoms with Crippen LogP contribution in [0.3, 0.4) is 0 Å². The van der Waals surface area contributed by atoms with Crippen molar-refractivity contribution in [1.82, 2.24) is 0 Å². The highest BCUT2D eigenvalue weighted by Gasteiger charge is 2.41. The summed E-state index contributed by atoms with van der Waals surface area (Å²) in [6.45, 7) is 2.18. The molecule has 1 aliphatic rings. The van der Waals surface area contributed by atoms with Gasteiger partial charge in [-0.3, -0.25) is 0 Å². The third kappa shape index (κ3) is 1.68. The molecule has 1 saturated carbocycles.